The summed E-state index contributed by atoms with van der Waals surface area (Å²) in [5, 5.41) is 4.86. The van der Waals surface area contributed by atoms with Crippen molar-refractivity contribution in [1.29, 1.82) is 0 Å². The number of aryl methyl sites for hydroxylation is 1. The first-order valence-electron chi connectivity index (χ1n) is 9.08. The number of benzene rings is 2. The molecule has 1 amide bonds. The van der Waals surface area contributed by atoms with Crippen molar-refractivity contribution in [2.75, 3.05) is 4.31 Å². The highest BCUT2D eigenvalue weighted by atomic mass is 35.5. The normalized spacial score (nSPS) is 11.6. The van der Waals surface area contributed by atoms with Crippen LogP contribution in [0.2, 0.25) is 5.02 Å². The molecule has 0 aliphatic carbocycles. The highest BCUT2D eigenvalue weighted by Gasteiger charge is 2.29. The van der Waals surface area contributed by atoms with Gasteiger partial charge in [0.1, 0.15) is 5.58 Å². The molecule has 0 saturated carbocycles. The molecule has 2 aromatic heterocycles. The minimum Gasteiger partial charge on any atom is -0.421 e. The summed E-state index contributed by atoms with van der Waals surface area (Å²) in [4.78, 5) is 24.7. The molecule has 0 N–H and O–H groups in total. The van der Waals surface area contributed by atoms with Crippen molar-refractivity contribution >= 4 is 44.2 Å². The molecule has 0 aliphatic rings. The Morgan fingerprint density at radius 1 is 1.13 bits per heavy atom. The minimum atomic E-state index is -4.16. The first kappa shape index (κ1) is 20.8. The number of rotatable bonds is 4. The van der Waals surface area contributed by atoms with Crippen molar-refractivity contribution in [3.63, 3.8) is 0 Å². The Labute approximate surface area is 182 Å². The summed E-state index contributed by atoms with van der Waals surface area (Å²) in [6.45, 7) is 2.98. The van der Waals surface area contributed by atoms with Gasteiger partial charge >= 0.3 is 5.63 Å². The van der Waals surface area contributed by atoms with E-state index in [-0.39, 0.29) is 21.9 Å². The van der Waals surface area contributed by atoms with E-state index in [4.69, 9.17) is 16.0 Å². The quantitative estimate of drug-likeness (QED) is 0.433. The average Bonchev–Trinajstić information content (AvgIpc) is 3.13. The third-order valence-electron chi connectivity index (χ3n) is 4.58. The topological polar surface area (TPSA) is 102 Å². The summed E-state index contributed by atoms with van der Waals surface area (Å²) >= 11 is 5.86. The lowest BCUT2D eigenvalue weighted by Gasteiger charge is -2.21. The van der Waals surface area contributed by atoms with Gasteiger partial charge in [0.25, 0.3) is 10.0 Å². The van der Waals surface area contributed by atoms with E-state index in [1.54, 1.807) is 24.3 Å². The van der Waals surface area contributed by atoms with Crippen molar-refractivity contribution < 1.29 is 17.6 Å². The second kappa shape index (κ2) is 7.68. The van der Waals surface area contributed by atoms with Gasteiger partial charge in [-0.15, -0.1) is 0 Å². The predicted molar refractivity (Wildman–Crippen MR) is 116 cm³/mol. The molecule has 0 unspecified atom stereocenters. The molecular weight excluding hydrogens is 442 g/mol. The zero-order valence-electron chi connectivity index (χ0n) is 16.4. The predicted octanol–water partition coefficient (Wildman–Crippen LogP) is 3.68. The summed E-state index contributed by atoms with van der Waals surface area (Å²) in [6, 6.07) is 12.1. The molecule has 158 valence electrons. The van der Waals surface area contributed by atoms with Crippen LogP contribution in [0.1, 0.15) is 12.5 Å². The number of amides is 1. The highest BCUT2D eigenvalue weighted by molar-refractivity contribution is 7.93. The van der Waals surface area contributed by atoms with Gasteiger partial charge in [0.05, 0.1) is 21.8 Å². The van der Waals surface area contributed by atoms with Crippen LogP contribution in [-0.4, -0.2) is 24.1 Å². The molecule has 0 aliphatic heterocycles. The third kappa shape index (κ3) is 3.85. The molecule has 31 heavy (non-hydrogen) atoms. The van der Waals surface area contributed by atoms with Gasteiger partial charge in [-0.3, -0.25) is 4.79 Å². The number of sulfonamides is 1. The van der Waals surface area contributed by atoms with Crippen LogP contribution >= 0.6 is 11.6 Å². The van der Waals surface area contributed by atoms with Gasteiger partial charge in [-0.1, -0.05) is 29.3 Å². The number of hydrogen-bond donors (Lipinski definition) is 0. The number of carbonyl (C=O) groups is 1. The van der Waals surface area contributed by atoms with Crippen LogP contribution in [0.3, 0.4) is 0 Å². The molecule has 0 spiro atoms. The number of halogens is 1. The monoisotopic (exact) mass is 457 g/mol. The molecule has 2 aromatic carbocycles. The highest BCUT2D eigenvalue weighted by Crippen LogP contribution is 2.28. The Morgan fingerprint density at radius 3 is 2.45 bits per heavy atom. The fourth-order valence-corrected chi connectivity index (χ4v) is 4.67. The van der Waals surface area contributed by atoms with E-state index < -0.39 is 21.6 Å². The standard InChI is InChI=1S/C21H16ClN3O5S/c1-13-3-7-18(8-4-13)31(28,29)25(14(2)26)17-6-5-15-9-19(21(27)30-20(15)10-17)24-12-16(22)11-23-24/h3-12H,1-2H3. The molecule has 0 radical (unpaired) electrons. The summed E-state index contributed by atoms with van der Waals surface area (Å²) in [6.07, 6.45) is 2.84. The van der Waals surface area contributed by atoms with Crippen LogP contribution in [0, 0.1) is 6.92 Å². The lowest BCUT2D eigenvalue weighted by molar-refractivity contribution is -0.115. The number of fused-ring (bicyclic) bond motifs is 1. The maximum atomic E-state index is 13.1. The number of aromatic nitrogens is 2. The Morgan fingerprint density at radius 2 is 1.84 bits per heavy atom. The fraction of sp³-hybridized carbons (Fsp3) is 0.0952. The maximum absolute atomic E-state index is 13.1. The van der Waals surface area contributed by atoms with Crippen molar-refractivity contribution in [3.8, 4) is 5.69 Å². The summed E-state index contributed by atoms with van der Waals surface area (Å²) in [7, 11) is -4.16. The molecular formula is C21H16ClN3O5S. The molecule has 0 atom stereocenters. The zero-order chi connectivity index (χ0) is 22.3. The average molecular weight is 458 g/mol. The minimum absolute atomic E-state index is 0.0271. The van der Waals surface area contributed by atoms with Gasteiger partial charge in [-0.25, -0.2) is 22.2 Å². The van der Waals surface area contributed by atoms with Crippen molar-refractivity contribution in [1.82, 2.24) is 9.78 Å². The SMILES string of the molecule is CC(=O)N(c1ccc2cc(-n3cc(Cl)cn3)c(=O)oc2c1)S(=O)(=O)c1ccc(C)cc1. The van der Waals surface area contributed by atoms with Crippen LogP contribution in [0.15, 0.2) is 75.0 Å². The maximum Gasteiger partial charge on any atom is 0.362 e. The van der Waals surface area contributed by atoms with Crippen molar-refractivity contribution in [2.24, 2.45) is 0 Å². The van der Waals surface area contributed by atoms with Crippen LogP contribution in [0.4, 0.5) is 5.69 Å². The van der Waals surface area contributed by atoms with E-state index in [2.05, 4.69) is 5.10 Å². The van der Waals surface area contributed by atoms with Gasteiger partial charge in [0.15, 0.2) is 5.69 Å². The summed E-state index contributed by atoms with van der Waals surface area (Å²) in [5.74, 6) is -0.704. The molecule has 10 heteroatoms. The number of hydrogen-bond acceptors (Lipinski definition) is 6. The fourth-order valence-electron chi connectivity index (χ4n) is 3.11. The largest absolute Gasteiger partial charge is 0.421 e. The van der Waals surface area contributed by atoms with Crippen LogP contribution < -0.4 is 9.93 Å². The molecule has 4 rings (SSSR count). The number of nitrogens with zero attached hydrogens (tertiary/aromatic N) is 3. The van der Waals surface area contributed by atoms with Crippen molar-refractivity contribution in [3.05, 3.63) is 81.9 Å². The van der Waals surface area contributed by atoms with Gasteiger partial charge in [-0.2, -0.15) is 5.10 Å². The Hall–Kier alpha value is -3.43. The zero-order valence-corrected chi connectivity index (χ0v) is 18.0. The molecule has 0 saturated heterocycles. The van der Waals surface area contributed by atoms with E-state index in [1.165, 1.54) is 41.3 Å². The lowest BCUT2D eigenvalue weighted by Crippen LogP contribution is -2.35. The van der Waals surface area contributed by atoms with E-state index in [0.717, 1.165) is 12.5 Å². The second-order valence-corrected chi connectivity index (χ2v) is 9.07. The first-order valence-corrected chi connectivity index (χ1v) is 10.9. The Bertz CT molecular complexity index is 1470. The molecule has 2 heterocycles. The summed E-state index contributed by atoms with van der Waals surface area (Å²) in [5.41, 5.74) is 0.506. The van der Waals surface area contributed by atoms with E-state index in [0.29, 0.717) is 14.7 Å². The number of anilines is 1. The van der Waals surface area contributed by atoms with Gasteiger partial charge in [-0.05, 0) is 37.3 Å². The molecule has 0 bridgehead atoms. The van der Waals surface area contributed by atoms with Gasteiger partial charge in [0.2, 0.25) is 5.91 Å². The van der Waals surface area contributed by atoms with Crippen LogP contribution in [-0.2, 0) is 14.8 Å². The second-order valence-electron chi connectivity index (χ2n) is 6.85. The molecule has 0 fully saturated rings. The van der Waals surface area contributed by atoms with E-state index in [9.17, 15) is 18.0 Å². The third-order valence-corrected chi connectivity index (χ3v) is 6.59. The molecule has 8 nitrogen and oxygen atoms in total. The van der Waals surface area contributed by atoms with E-state index >= 15 is 0 Å². The van der Waals surface area contributed by atoms with Crippen LogP contribution in [0.5, 0.6) is 0 Å². The number of carbonyl (C=O) groups excluding carboxylic acids is 1. The Balaban J connectivity index is 1.83. The van der Waals surface area contributed by atoms with Gasteiger partial charge in [0, 0.05) is 24.6 Å². The Kier molecular flexibility index (Phi) is 5.16. The van der Waals surface area contributed by atoms with Gasteiger partial charge < -0.3 is 4.42 Å². The molecule has 4 aromatic rings. The van der Waals surface area contributed by atoms with Crippen LogP contribution in [0.25, 0.3) is 16.7 Å². The van der Waals surface area contributed by atoms with Crippen molar-refractivity contribution in [2.45, 2.75) is 18.7 Å². The van der Waals surface area contributed by atoms with E-state index in [1.807, 2.05) is 6.92 Å². The smallest absolute Gasteiger partial charge is 0.362 e. The summed E-state index contributed by atoms with van der Waals surface area (Å²) < 4.78 is 33.6. The first-order chi connectivity index (χ1) is 14.7. The lowest BCUT2D eigenvalue weighted by atomic mass is 10.2.